The number of hydrogen-bond acceptors (Lipinski definition) is 3. The van der Waals surface area contributed by atoms with Crippen molar-refractivity contribution in [3.8, 4) is 0 Å². The second-order valence-electron chi connectivity index (χ2n) is 7.45. The molecule has 0 radical (unpaired) electrons. The highest BCUT2D eigenvalue weighted by atomic mass is 16.2. The smallest absolute Gasteiger partial charge is 0.253 e. The van der Waals surface area contributed by atoms with Crippen molar-refractivity contribution in [1.82, 2.24) is 14.7 Å². The largest absolute Gasteiger partial charge is 0.337 e. The van der Waals surface area contributed by atoms with Crippen LogP contribution in [0.15, 0.2) is 24.3 Å². The van der Waals surface area contributed by atoms with Crippen LogP contribution in [-0.4, -0.2) is 65.9 Å². The van der Waals surface area contributed by atoms with Crippen molar-refractivity contribution in [2.75, 3.05) is 39.3 Å². The van der Waals surface area contributed by atoms with Crippen molar-refractivity contribution in [2.24, 2.45) is 0 Å². The van der Waals surface area contributed by atoms with E-state index < -0.39 is 0 Å². The lowest BCUT2D eigenvalue weighted by atomic mass is 10.1. The quantitative estimate of drug-likeness (QED) is 0.793. The maximum Gasteiger partial charge on any atom is 0.253 e. The molecule has 138 valence electrons. The van der Waals surface area contributed by atoms with E-state index in [1.165, 1.54) is 37.9 Å². The number of rotatable bonds is 6. The number of piperidine rings is 1. The van der Waals surface area contributed by atoms with Crippen LogP contribution >= 0.6 is 0 Å². The molecule has 25 heavy (non-hydrogen) atoms. The molecule has 2 aliphatic rings. The van der Waals surface area contributed by atoms with Gasteiger partial charge in [0, 0.05) is 31.2 Å². The van der Waals surface area contributed by atoms with E-state index in [1.54, 1.807) is 0 Å². The van der Waals surface area contributed by atoms with Crippen LogP contribution < -0.4 is 0 Å². The Bertz CT molecular complexity index is 547. The Morgan fingerprint density at radius 1 is 1.04 bits per heavy atom. The third-order valence-electron chi connectivity index (χ3n) is 5.84. The summed E-state index contributed by atoms with van der Waals surface area (Å²) in [7, 11) is 0. The highest BCUT2D eigenvalue weighted by molar-refractivity contribution is 5.94. The Kier molecular flexibility index (Phi) is 6.49. The first-order chi connectivity index (χ1) is 12.2. The van der Waals surface area contributed by atoms with E-state index in [0.717, 1.165) is 44.7 Å². The van der Waals surface area contributed by atoms with Crippen molar-refractivity contribution in [3.05, 3.63) is 35.4 Å². The summed E-state index contributed by atoms with van der Waals surface area (Å²) in [6.45, 7) is 11.7. The Morgan fingerprint density at radius 3 is 2.36 bits per heavy atom. The molecular formula is C21H33N3O. The monoisotopic (exact) mass is 343 g/mol. The molecule has 1 amide bonds. The molecule has 1 aromatic rings. The number of likely N-dealkylation sites (N-methyl/N-ethyl adjacent to an activating group) is 1. The van der Waals surface area contributed by atoms with E-state index in [9.17, 15) is 4.79 Å². The fraction of sp³-hybridized carbons (Fsp3) is 0.667. The van der Waals surface area contributed by atoms with Crippen molar-refractivity contribution in [2.45, 2.75) is 52.1 Å². The zero-order chi connectivity index (χ0) is 17.6. The van der Waals surface area contributed by atoms with Gasteiger partial charge in [0.1, 0.15) is 0 Å². The molecule has 2 fully saturated rings. The van der Waals surface area contributed by atoms with E-state index in [0.29, 0.717) is 6.04 Å². The lowest BCUT2D eigenvalue weighted by Crippen LogP contribution is -2.38. The second kappa shape index (κ2) is 8.81. The lowest BCUT2D eigenvalue weighted by molar-refractivity contribution is 0.0778. The van der Waals surface area contributed by atoms with Gasteiger partial charge in [0.25, 0.3) is 5.91 Å². The molecule has 1 atom stereocenters. The maximum absolute atomic E-state index is 12.8. The Labute approximate surface area is 152 Å². The van der Waals surface area contributed by atoms with Gasteiger partial charge in [0.15, 0.2) is 0 Å². The predicted octanol–water partition coefficient (Wildman–Crippen LogP) is 3.23. The van der Waals surface area contributed by atoms with Crippen LogP contribution in [0, 0.1) is 0 Å². The van der Waals surface area contributed by atoms with Gasteiger partial charge >= 0.3 is 0 Å². The van der Waals surface area contributed by atoms with Gasteiger partial charge in [-0.2, -0.15) is 0 Å². The van der Waals surface area contributed by atoms with Crippen LogP contribution in [0.25, 0.3) is 0 Å². The first kappa shape index (κ1) is 18.4. The average molecular weight is 344 g/mol. The van der Waals surface area contributed by atoms with Gasteiger partial charge in [-0.25, -0.2) is 0 Å². The third kappa shape index (κ3) is 4.62. The average Bonchev–Trinajstić information content (AvgIpc) is 3.14. The summed E-state index contributed by atoms with van der Waals surface area (Å²) < 4.78 is 0. The second-order valence-corrected chi connectivity index (χ2v) is 7.45. The van der Waals surface area contributed by atoms with Crippen LogP contribution in [0.3, 0.4) is 0 Å². The number of likely N-dealkylation sites (tertiary alicyclic amines) is 2. The highest BCUT2D eigenvalue weighted by Crippen LogP contribution is 2.19. The van der Waals surface area contributed by atoms with Crippen molar-refractivity contribution in [3.63, 3.8) is 0 Å². The van der Waals surface area contributed by atoms with Gasteiger partial charge in [0.2, 0.25) is 0 Å². The first-order valence-corrected chi connectivity index (χ1v) is 10.1. The number of hydrogen-bond donors (Lipinski definition) is 0. The number of amides is 1. The molecule has 0 spiro atoms. The first-order valence-electron chi connectivity index (χ1n) is 10.1. The standard InChI is InChI=1S/C21H33N3O/c1-3-23(4-2)20-12-15-24(17-20)21(25)19-10-8-18(9-11-19)16-22-13-6-5-7-14-22/h8-11,20H,3-7,12-17H2,1-2H3/t20-/m0/s1. The number of nitrogens with zero attached hydrogens (tertiary/aromatic N) is 3. The molecule has 0 aromatic heterocycles. The van der Waals surface area contributed by atoms with Crippen LogP contribution in [0.5, 0.6) is 0 Å². The SMILES string of the molecule is CCN(CC)[C@H]1CCN(C(=O)c2ccc(CN3CCCCC3)cc2)C1. The lowest BCUT2D eigenvalue weighted by Gasteiger charge is -2.26. The zero-order valence-electron chi connectivity index (χ0n) is 15.9. The maximum atomic E-state index is 12.8. The summed E-state index contributed by atoms with van der Waals surface area (Å²) in [6.07, 6.45) is 5.10. The van der Waals surface area contributed by atoms with Gasteiger partial charge in [-0.1, -0.05) is 32.4 Å². The third-order valence-corrected chi connectivity index (χ3v) is 5.84. The van der Waals surface area contributed by atoms with Crippen LogP contribution in [0.4, 0.5) is 0 Å². The van der Waals surface area contributed by atoms with Crippen molar-refractivity contribution >= 4 is 5.91 Å². The van der Waals surface area contributed by atoms with Gasteiger partial charge in [-0.05, 0) is 63.1 Å². The summed E-state index contributed by atoms with van der Waals surface area (Å²) in [6, 6.07) is 8.84. The number of carbonyl (C=O) groups is 1. The molecule has 2 aliphatic heterocycles. The molecule has 1 aromatic carbocycles. The van der Waals surface area contributed by atoms with Gasteiger partial charge < -0.3 is 4.90 Å². The fourth-order valence-corrected chi connectivity index (χ4v) is 4.28. The highest BCUT2D eigenvalue weighted by Gasteiger charge is 2.29. The molecule has 2 saturated heterocycles. The minimum Gasteiger partial charge on any atom is -0.337 e. The molecule has 0 N–H and O–H groups in total. The van der Waals surface area contributed by atoms with Gasteiger partial charge in [0.05, 0.1) is 0 Å². The zero-order valence-corrected chi connectivity index (χ0v) is 15.9. The molecule has 0 bridgehead atoms. The Morgan fingerprint density at radius 2 is 1.72 bits per heavy atom. The minimum absolute atomic E-state index is 0.194. The minimum atomic E-state index is 0.194. The van der Waals surface area contributed by atoms with Crippen molar-refractivity contribution in [1.29, 1.82) is 0 Å². The molecule has 0 saturated carbocycles. The summed E-state index contributed by atoms with van der Waals surface area (Å²) in [4.78, 5) is 19.8. The Balaban J connectivity index is 1.55. The molecule has 0 unspecified atom stereocenters. The normalized spacial score (nSPS) is 21.9. The van der Waals surface area contributed by atoms with Crippen LogP contribution in [-0.2, 0) is 6.54 Å². The number of carbonyl (C=O) groups excluding carboxylic acids is 1. The summed E-state index contributed by atoms with van der Waals surface area (Å²) in [5.41, 5.74) is 2.16. The molecule has 4 nitrogen and oxygen atoms in total. The van der Waals surface area contributed by atoms with Crippen LogP contribution in [0.2, 0.25) is 0 Å². The number of benzene rings is 1. The van der Waals surface area contributed by atoms with E-state index in [-0.39, 0.29) is 5.91 Å². The van der Waals surface area contributed by atoms with E-state index in [1.807, 2.05) is 17.0 Å². The fourth-order valence-electron chi connectivity index (χ4n) is 4.28. The van der Waals surface area contributed by atoms with E-state index in [2.05, 4.69) is 35.8 Å². The topological polar surface area (TPSA) is 26.8 Å². The van der Waals surface area contributed by atoms with E-state index in [4.69, 9.17) is 0 Å². The molecular weight excluding hydrogens is 310 g/mol. The Hall–Kier alpha value is -1.39. The summed E-state index contributed by atoms with van der Waals surface area (Å²) in [5.74, 6) is 0.194. The van der Waals surface area contributed by atoms with E-state index >= 15 is 0 Å². The molecule has 2 heterocycles. The summed E-state index contributed by atoms with van der Waals surface area (Å²) >= 11 is 0. The van der Waals surface area contributed by atoms with Crippen molar-refractivity contribution < 1.29 is 4.79 Å². The van der Waals surface area contributed by atoms with Gasteiger partial charge in [-0.15, -0.1) is 0 Å². The van der Waals surface area contributed by atoms with Gasteiger partial charge in [-0.3, -0.25) is 14.6 Å². The molecule has 3 rings (SSSR count). The molecule has 4 heteroatoms. The van der Waals surface area contributed by atoms with Crippen LogP contribution in [0.1, 0.15) is 55.5 Å². The summed E-state index contributed by atoms with van der Waals surface area (Å²) in [5, 5.41) is 0. The predicted molar refractivity (Wildman–Crippen MR) is 103 cm³/mol. The molecule has 0 aliphatic carbocycles.